The molecule has 2 nitrogen and oxygen atoms in total. The van der Waals surface area contributed by atoms with Crippen LogP contribution in [0.4, 0.5) is 0 Å². The van der Waals surface area contributed by atoms with E-state index in [2.05, 4.69) is 50.8 Å². The molecule has 1 N–H and O–H groups in total. The van der Waals surface area contributed by atoms with Crippen LogP contribution >= 0.6 is 38.5 Å². The van der Waals surface area contributed by atoms with E-state index in [0.717, 1.165) is 32.4 Å². The van der Waals surface area contributed by atoms with Crippen LogP contribution in [0.1, 0.15) is 43.0 Å². The van der Waals surface area contributed by atoms with Crippen molar-refractivity contribution in [2.75, 3.05) is 0 Å². The van der Waals surface area contributed by atoms with Gasteiger partial charge in [0.15, 0.2) is 0 Å². The van der Waals surface area contributed by atoms with Gasteiger partial charge in [0.05, 0.1) is 5.56 Å². The van der Waals surface area contributed by atoms with Crippen molar-refractivity contribution in [3.05, 3.63) is 31.8 Å². The van der Waals surface area contributed by atoms with Gasteiger partial charge in [-0.3, -0.25) is 4.79 Å². The quantitative estimate of drug-likeness (QED) is 0.706. The number of carbonyl (C=O) groups excluding carboxylic acids is 1. The van der Waals surface area contributed by atoms with Crippen LogP contribution < -0.4 is 5.32 Å². The molecule has 0 bridgehead atoms. The Kier molecular flexibility index (Phi) is 5.06. The van der Waals surface area contributed by atoms with Gasteiger partial charge in [-0.1, -0.05) is 19.8 Å². The van der Waals surface area contributed by atoms with Crippen LogP contribution in [-0.2, 0) is 0 Å². The first-order valence-electron chi connectivity index (χ1n) is 6.32. The molecule has 1 aliphatic carbocycles. The Morgan fingerprint density at radius 3 is 2.94 bits per heavy atom. The molecule has 1 saturated carbocycles. The molecule has 0 saturated heterocycles. The van der Waals surface area contributed by atoms with Crippen molar-refractivity contribution >= 4 is 44.4 Å². The zero-order valence-corrected chi connectivity index (χ0v) is 14.1. The number of benzene rings is 1. The first kappa shape index (κ1) is 14.3. The van der Waals surface area contributed by atoms with Crippen LogP contribution in [0, 0.1) is 9.49 Å². The summed E-state index contributed by atoms with van der Waals surface area (Å²) in [5, 5.41) is 3.16. The van der Waals surface area contributed by atoms with Crippen LogP contribution in [0.3, 0.4) is 0 Å². The van der Waals surface area contributed by atoms with E-state index in [4.69, 9.17) is 0 Å². The molecule has 2 unspecified atom stereocenters. The molecule has 0 heterocycles. The van der Waals surface area contributed by atoms with Crippen LogP contribution in [-0.4, -0.2) is 11.9 Å². The highest BCUT2D eigenvalue weighted by molar-refractivity contribution is 14.1. The summed E-state index contributed by atoms with van der Waals surface area (Å²) in [6, 6.07) is 6.18. The molecule has 2 rings (SSSR count). The Hall–Kier alpha value is -0.100. The largest absolute Gasteiger partial charge is 0.349 e. The van der Waals surface area contributed by atoms with Crippen LogP contribution in [0.2, 0.25) is 0 Å². The number of rotatable bonds is 2. The van der Waals surface area contributed by atoms with E-state index in [1.165, 1.54) is 12.8 Å². The van der Waals surface area contributed by atoms with Crippen LogP contribution in [0.25, 0.3) is 0 Å². The molecule has 1 aromatic carbocycles. The summed E-state index contributed by atoms with van der Waals surface area (Å²) >= 11 is 5.67. The lowest BCUT2D eigenvalue weighted by Crippen LogP contribution is -2.38. The van der Waals surface area contributed by atoms with Gasteiger partial charge in [0.1, 0.15) is 0 Å². The Bertz CT molecular complexity index is 449. The highest BCUT2D eigenvalue weighted by Crippen LogP contribution is 2.25. The molecule has 0 aromatic heterocycles. The fourth-order valence-electron chi connectivity index (χ4n) is 2.50. The van der Waals surface area contributed by atoms with Crippen LogP contribution in [0.5, 0.6) is 0 Å². The minimum atomic E-state index is 0.0412. The third kappa shape index (κ3) is 3.70. The molecule has 98 valence electrons. The monoisotopic (exact) mass is 421 g/mol. The van der Waals surface area contributed by atoms with Crippen molar-refractivity contribution in [2.45, 2.75) is 38.6 Å². The molecule has 2 atom stereocenters. The number of carbonyl (C=O) groups is 1. The smallest absolute Gasteiger partial charge is 0.252 e. The minimum absolute atomic E-state index is 0.0412. The molecule has 1 aromatic rings. The van der Waals surface area contributed by atoms with Gasteiger partial charge in [0.25, 0.3) is 5.91 Å². The standard InChI is InChI=1S/C14H17BrINO/c1-9-3-2-4-11(7-9)17-14(18)12-8-10(16)5-6-13(12)15/h5-6,8-9,11H,2-4,7H2,1H3,(H,17,18). The Balaban J connectivity index is 2.05. The molecular weight excluding hydrogens is 405 g/mol. The van der Waals surface area contributed by atoms with Gasteiger partial charge in [-0.05, 0) is 75.5 Å². The average Bonchev–Trinajstić information content (AvgIpc) is 2.32. The SMILES string of the molecule is CC1CCCC(NC(=O)c2cc(I)ccc2Br)C1. The lowest BCUT2D eigenvalue weighted by Gasteiger charge is -2.27. The van der Waals surface area contributed by atoms with E-state index in [9.17, 15) is 4.79 Å². The van der Waals surface area contributed by atoms with Crippen molar-refractivity contribution in [3.8, 4) is 0 Å². The zero-order valence-electron chi connectivity index (χ0n) is 10.4. The predicted molar refractivity (Wildman–Crippen MR) is 85.7 cm³/mol. The molecule has 0 radical (unpaired) electrons. The van der Waals surface area contributed by atoms with Crippen molar-refractivity contribution in [2.24, 2.45) is 5.92 Å². The summed E-state index contributed by atoms with van der Waals surface area (Å²) in [7, 11) is 0. The van der Waals surface area contributed by atoms with E-state index in [0.29, 0.717) is 6.04 Å². The van der Waals surface area contributed by atoms with E-state index >= 15 is 0 Å². The second-order valence-electron chi connectivity index (χ2n) is 5.07. The average molecular weight is 422 g/mol. The summed E-state index contributed by atoms with van der Waals surface area (Å²) in [4.78, 5) is 12.2. The lowest BCUT2D eigenvalue weighted by atomic mass is 9.87. The van der Waals surface area contributed by atoms with E-state index < -0.39 is 0 Å². The summed E-state index contributed by atoms with van der Waals surface area (Å²) in [6.45, 7) is 2.26. The lowest BCUT2D eigenvalue weighted by molar-refractivity contribution is 0.0920. The molecule has 1 amide bonds. The maximum absolute atomic E-state index is 12.2. The summed E-state index contributed by atoms with van der Waals surface area (Å²) in [5.74, 6) is 0.767. The number of amides is 1. The first-order chi connectivity index (χ1) is 8.56. The first-order valence-corrected chi connectivity index (χ1v) is 8.19. The van der Waals surface area contributed by atoms with Crippen molar-refractivity contribution in [1.82, 2.24) is 5.32 Å². The van der Waals surface area contributed by atoms with Crippen molar-refractivity contribution in [3.63, 3.8) is 0 Å². The Morgan fingerprint density at radius 2 is 2.22 bits per heavy atom. The van der Waals surface area contributed by atoms with Crippen molar-refractivity contribution < 1.29 is 4.79 Å². The van der Waals surface area contributed by atoms with Gasteiger partial charge in [-0.15, -0.1) is 0 Å². The van der Waals surface area contributed by atoms with E-state index in [1.807, 2.05) is 18.2 Å². The topological polar surface area (TPSA) is 29.1 Å². The second-order valence-corrected chi connectivity index (χ2v) is 7.17. The van der Waals surface area contributed by atoms with Gasteiger partial charge in [-0.2, -0.15) is 0 Å². The van der Waals surface area contributed by atoms with Gasteiger partial charge in [0.2, 0.25) is 0 Å². The number of halogens is 2. The number of nitrogens with one attached hydrogen (secondary N) is 1. The van der Waals surface area contributed by atoms with Gasteiger partial charge in [0, 0.05) is 14.1 Å². The summed E-state index contributed by atoms with van der Waals surface area (Å²) < 4.78 is 1.95. The van der Waals surface area contributed by atoms with Crippen molar-refractivity contribution in [1.29, 1.82) is 0 Å². The molecule has 1 fully saturated rings. The predicted octanol–water partition coefficient (Wildman–Crippen LogP) is 4.36. The van der Waals surface area contributed by atoms with Gasteiger partial charge >= 0.3 is 0 Å². The molecule has 4 heteroatoms. The fourth-order valence-corrected chi connectivity index (χ4v) is 3.42. The fraction of sp³-hybridized carbons (Fsp3) is 0.500. The molecule has 0 spiro atoms. The normalized spacial score (nSPS) is 23.7. The van der Waals surface area contributed by atoms with Crippen LogP contribution in [0.15, 0.2) is 22.7 Å². The maximum Gasteiger partial charge on any atom is 0.252 e. The summed E-state index contributed by atoms with van der Waals surface area (Å²) in [5.41, 5.74) is 0.736. The maximum atomic E-state index is 12.2. The minimum Gasteiger partial charge on any atom is -0.349 e. The molecular formula is C14H17BrINO. The summed E-state index contributed by atoms with van der Waals surface area (Å²) in [6.07, 6.45) is 4.73. The second kappa shape index (κ2) is 6.37. The van der Waals surface area contributed by atoms with E-state index in [1.54, 1.807) is 0 Å². The number of hydrogen-bond donors (Lipinski definition) is 1. The van der Waals surface area contributed by atoms with E-state index in [-0.39, 0.29) is 5.91 Å². The Morgan fingerprint density at radius 1 is 1.44 bits per heavy atom. The Labute approximate surface area is 130 Å². The highest BCUT2D eigenvalue weighted by Gasteiger charge is 2.21. The van der Waals surface area contributed by atoms with Gasteiger partial charge in [-0.25, -0.2) is 0 Å². The third-order valence-corrected chi connectivity index (χ3v) is 4.81. The molecule has 1 aliphatic rings. The van der Waals surface area contributed by atoms with Gasteiger partial charge < -0.3 is 5.32 Å². The number of hydrogen-bond acceptors (Lipinski definition) is 1. The third-order valence-electron chi connectivity index (χ3n) is 3.44. The molecule has 18 heavy (non-hydrogen) atoms. The molecule has 0 aliphatic heterocycles. The zero-order chi connectivity index (χ0) is 13.1. The highest BCUT2D eigenvalue weighted by atomic mass is 127.